The molecule has 104 heavy (non-hydrogen) atoms. The van der Waals surface area contributed by atoms with Gasteiger partial charge in [0, 0.05) is 19.3 Å². The summed E-state index contributed by atoms with van der Waals surface area (Å²) >= 11 is 0. The zero-order chi connectivity index (χ0) is 76.0. The van der Waals surface area contributed by atoms with Crippen LogP contribution >= 0.6 is 15.6 Å². The SMILES string of the molecule is CC/C=C\C/C=C\C/C=C\C/C=C\C/C=C\CCCC(=O)OC(COC(=O)CCCCCCCC/C=C\C/C=C\C/C=C\C/C=C\CC)COP(=O)(O)OCC(O)COP(=O)(O)OCC(COC(=O)C/C=C\C/C=C\C/C=C\C/C=C\C/C=C\CC)OC(=O)CCCCCCC/C=C\CCCCCC. The lowest BCUT2D eigenvalue weighted by Gasteiger charge is -2.21. The van der Waals surface area contributed by atoms with Crippen LogP contribution in [0.1, 0.15) is 272 Å². The van der Waals surface area contributed by atoms with Gasteiger partial charge in [-0.1, -0.05) is 274 Å². The highest BCUT2D eigenvalue weighted by Gasteiger charge is 2.30. The number of phosphoric acid groups is 2. The monoisotopic (exact) mass is 1490 g/mol. The minimum absolute atomic E-state index is 0.00386. The lowest BCUT2D eigenvalue weighted by Crippen LogP contribution is -2.30. The first-order valence-electron chi connectivity index (χ1n) is 39.0. The van der Waals surface area contributed by atoms with Crippen molar-refractivity contribution < 1.29 is 80.2 Å². The Morgan fingerprint density at radius 1 is 0.288 bits per heavy atom. The molecule has 5 atom stereocenters. The quantitative estimate of drug-likeness (QED) is 0.0169. The Bertz CT molecular complexity index is 2690. The Balaban J connectivity index is 5.50. The Morgan fingerprint density at radius 3 is 0.904 bits per heavy atom. The number of carbonyl (C=O) groups excluding carboxylic acids is 4. The number of esters is 4. The first-order chi connectivity index (χ1) is 50.7. The molecule has 0 saturated carbocycles. The second kappa shape index (κ2) is 75.4. The maximum absolute atomic E-state index is 13.1. The highest BCUT2D eigenvalue weighted by atomic mass is 31.2. The molecule has 0 aliphatic heterocycles. The van der Waals surface area contributed by atoms with Crippen LogP contribution in [0.3, 0.4) is 0 Å². The molecule has 0 aromatic rings. The molecule has 0 aliphatic rings. The van der Waals surface area contributed by atoms with E-state index < -0.39 is 97.5 Å². The van der Waals surface area contributed by atoms with Crippen molar-refractivity contribution in [1.82, 2.24) is 0 Å². The van der Waals surface area contributed by atoms with Gasteiger partial charge in [0.05, 0.1) is 32.8 Å². The van der Waals surface area contributed by atoms with E-state index in [0.29, 0.717) is 32.1 Å². The number of aliphatic hydroxyl groups excluding tert-OH is 1. The Morgan fingerprint density at radius 2 is 0.548 bits per heavy atom. The van der Waals surface area contributed by atoms with Crippen LogP contribution in [-0.2, 0) is 65.4 Å². The van der Waals surface area contributed by atoms with Gasteiger partial charge in [0.2, 0.25) is 0 Å². The van der Waals surface area contributed by atoms with E-state index in [1.54, 1.807) is 6.08 Å². The maximum atomic E-state index is 13.1. The Kier molecular flexibility index (Phi) is 71.2. The van der Waals surface area contributed by atoms with E-state index in [1.165, 1.54) is 25.7 Å². The fourth-order valence-corrected chi connectivity index (χ4v) is 11.1. The predicted molar refractivity (Wildman–Crippen MR) is 426 cm³/mol. The molecule has 0 radical (unpaired) electrons. The first-order valence-corrected chi connectivity index (χ1v) is 42.0. The third kappa shape index (κ3) is 74.4. The van der Waals surface area contributed by atoms with Crippen LogP contribution in [0, 0.1) is 0 Å². The average molecular weight is 1490 g/mol. The normalized spacial score (nSPS) is 14.9. The highest BCUT2D eigenvalue weighted by Crippen LogP contribution is 2.45. The molecule has 0 rings (SSSR count). The summed E-state index contributed by atoms with van der Waals surface area (Å²) in [5.74, 6) is -2.43. The zero-order valence-corrected chi connectivity index (χ0v) is 65.9. The molecule has 0 aromatic carbocycles. The molecular weight excluding hydrogens is 1350 g/mol. The van der Waals surface area contributed by atoms with Gasteiger partial charge in [0.1, 0.15) is 19.3 Å². The van der Waals surface area contributed by atoms with E-state index in [1.807, 2.05) is 30.4 Å². The molecule has 19 heteroatoms. The summed E-state index contributed by atoms with van der Waals surface area (Å²) < 4.78 is 68.3. The van der Waals surface area contributed by atoms with Crippen molar-refractivity contribution in [2.75, 3.05) is 39.6 Å². The number of allylic oxidation sites excluding steroid dienone is 29. The number of hydrogen-bond donors (Lipinski definition) is 3. The number of hydrogen-bond acceptors (Lipinski definition) is 15. The number of rotatable bonds is 71. The molecule has 0 spiro atoms. The summed E-state index contributed by atoms with van der Waals surface area (Å²) in [7, 11) is -10.0. The van der Waals surface area contributed by atoms with Gasteiger partial charge < -0.3 is 33.8 Å². The van der Waals surface area contributed by atoms with Gasteiger partial charge >= 0.3 is 39.5 Å². The molecule has 0 amide bonds. The number of ether oxygens (including phenoxy) is 4. The second-order valence-electron chi connectivity index (χ2n) is 25.2. The van der Waals surface area contributed by atoms with Crippen LogP contribution in [0.2, 0.25) is 0 Å². The number of unbranched alkanes of at least 4 members (excludes halogenated alkanes) is 16. The van der Waals surface area contributed by atoms with Crippen molar-refractivity contribution in [3.63, 3.8) is 0 Å². The van der Waals surface area contributed by atoms with Crippen molar-refractivity contribution in [3.05, 3.63) is 182 Å². The fraction of sp³-hybridized carbons (Fsp3) is 0.600. The summed E-state index contributed by atoms with van der Waals surface area (Å²) in [6.07, 6.45) is 90.6. The molecule has 0 heterocycles. The molecule has 17 nitrogen and oxygen atoms in total. The second-order valence-corrected chi connectivity index (χ2v) is 28.1. The molecule has 0 aliphatic carbocycles. The summed E-state index contributed by atoms with van der Waals surface area (Å²) in [5, 5.41) is 10.6. The van der Waals surface area contributed by atoms with Gasteiger partial charge in [-0.2, -0.15) is 0 Å². The van der Waals surface area contributed by atoms with E-state index in [0.717, 1.165) is 161 Å². The van der Waals surface area contributed by atoms with Crippen LogP contribution in [0.25, 0.3) is 0 Å². The zero-order valence-electron chi connectivity index (χ0n) is 64.1. The standard InChI is InChI=1S/C85H136O17P2/c1-5-9-13-17-21-25-29-33-36-38-39-41-43-47-50-54-58-62-66-70-83(88)96-76-81(102-85(90)72-68-64-60-56-52-48-44-40-37-34-30-26-22-18-14-10-6-2)78-100-104(93,94)98-74-79(86)73-97-103(91,92)99-77-80(101-84(89)71-67-63-59-55-51-45-32-28-24-20-16-12-8-4)75-95-82(87)69-65-61-57-53-49-46-42-35-31-27-23-19-15-11-7-3/h9-11,13-15,21-23,25-28,32-37,39,41-42,44,48-49,53,56,60-61,65,79-81,86H,5-8,12,16-20,24,29-31,38,40,43,45-47,50-52,54-55,57-59,62-64,66-78H2,1-4H3,(H,91,92)(H,93,94)/b13-9-,14-10-,15-11-,25-21-,26-22-,27-23-,32-28-,36-33-,37-34-,41-39-,42-35-,48-44-,53-49-,60-56-,65-61-. The van der Waals surface area contributed by atoms with Gasteiger partial charge in [-0.25, -0.2) is 9.13 Å². The smallest absolute Gasteiger partial charge is 0.462 e. The maximum Gasteiger partial charge on any atom is 0.472 e. The van der Waals surface area contributed by atoms with Crippen LogP contribution in [0.4, 0.5) is 0 Å². The molecule has 0 fully saturated rings. The van der Waals surface area contributed by atoms with Gasteiger partial charge in [-0.05, 0) is 154 Å². The summed E-state index contributed by atoms with van der Waals surface area (Å²) in [6, 6.07) is 0. The first kappa shape index (κ1) is 98.2. The number of carbonyl (C=O) groups is 4. The topological polar surface area (TPSA) is 237 Å². The van der Waals surface area contributed by atoms with Crippen LogP contribution in [0.15, 0.2) is 182 Å². The van der Waals surface area contributed by atoms with Crippen LogP contribution < -0.4 is 0 Å². The highest BCUT2D eigenvalue weighted by molar-refractivity contribution is 7.47. The van der Waals surface area contributed by atoms with E-state index in [2.05, 4.69) is 174 Å². The largest absolute Gasteiger partial charge is 0.472 e. The lowest BCUT2D eigenvalue weighted by atomic mass is 10.1. The van der Waals surface area contributed by atoms with Crippen molar-refractivity contribution >= 4 is 39.5 Å². The van der Waals surface area contributed by atoms with E-state index in [-0.39, 0.29) is 25.7 Å². The van der Waals surface area contributed by atoms with Gasteiger partial charge in [0.15, 0.2) is 12.2 Å². The van der Waals surface area contributed by atoms with Crippen molar-refractivity contribution in [1.29, 1.82) is 0 Å². The minimum Gasteiger partial charge on any atom is -0.462 e. The predicted octanol–water partition coefficient (Wildman–Crippen LogP) is 22.8. The van der Waals surface area contributed by atoms with E-state index in [9.17, 15) is 43.2 Å². The van der Waals surface area contributed by atoms with Gasteiger partial charge in [-0.3, -0.25) is 37.3 Å². The van der Waals surface area contributed by atoms with E-state index >= 15 is 0 Å². The Labute approximate surface area is 628 Å². The van der Waals surface area contributed by atoms with Crippen molar-refractivity contribution in [2.45, 2.75) is 290 Å². The molecular formula is C85H136O17P2. The molecule has 0 aromatic heterocycles. The van der Waals surface area contributed by atoms with Crippen molar-refractivity contribution in [3.8, 4) is 0 Å². The summed E-state index contributed by atoms with van der Waals surface area (Å²) in [4.78, 5) is 72.9. The minimum atomic E-state index is -5.01. The molecule has 3 N–H and O–H groups in total. The third-order valence-electron chi connectivity index (χ3n) is 15.4. The lowest BCUT2D eigenvalue weighted by molar-refractivity contribution is -0.161. The van der Waals surface area contributed by atoms with E-state index in [4.69, 9.17) is 37.0 Å². The molecule has 0 saturated heterocycles. The fourth-order valence-electron chi connectivity index (χ4n) is 9.55. The van der Waals surface area contributed by atoms with Gasteiger partial charge in [-0.15, -0.1) is 0 Å². The van der Waals surface area contributed by atoms with Crippen LogP contribution in [0.5, 0.6) is 0 Å². The molecule has 5 unspecified atom stereocenters. The summed E-state index contributed by atoms with van der Waals surface area (Å²) in [5.41, 5.74) is 0. The van der Waals surface area contributed by atoms with Crippen LogP contribution in [-0.4, -0.2) is 96.7 Å². The third-order valence-corrected chi connectivity index (χ3v) is 17.3. The number of phosphoric ester groups is 2. The number of aliphatic hydroxyl groups is 1. The molecule has 0 bridgehead atoms. The van der Waals surface area contributed by atoms with Crippen molar-refractivity contribution in [2.24, 2.45) is 0 Å². The Hall–Kier alpha value is -5.84. The average Bonchev–Trinajstić information content (AvgIpc) is 0.917. The summed E-state index contributed by atoms with van der Waals surface area (Å²) in [6.45, 7) is 4.28. The van der Waals surface area contributed by atoms with Gasteiger partial charge in [0.25, 0.3) is 0 Å². The molecule has 588 valence electrons.